The Bertz CT molecular complexity index is 483. The molecule has 0 unspecified atom stereocenters. The first-order valence-electron chi connectivity index (χ1n) is 5.75. The molecule has 0 spiro atoms. The molecule has 1 N–H and O–H groups in total. The van der Waals surface area contributed by atoms with Crippen LogP contribution >= 0.6 is 0 Å². The molecule has 2 aromatic rings. The van der Waals surface area contributed by atoms with Crippen LogP contribution in [-0.4, -0.2) is 18.7 Å². The van der Waals surface area contributed by atoms with Crippen molar-refractivity contribution in [3.8, 4) is 11.5 Å². The third-order valence-corrected chi connectivity index (χ3v) is 2.41. The van der Waals surface area contributed by atoms with E-state index in [-0.39, 0.29) is 0 Å². The average Bonchev–Trinajstić information content (AvgIpc) is 2.91. The summed E-state index contributed by atoms with van der Waals surface area (Å²) in [4.78, 5) is 3.86. The Labute approximate surface area is 106 Å². The summed E-state index contributed by atoms with van der Waals surface area (Å²) in [5.74, 6) is 2.23. The van der Waals surface area contributed by atoms with Gasteiger partial charge in [0.25, 0.3) is 0 Å². The van der Waals surface area contributed by atoms with Crippen molar-refractivity contribution in [3.05, 3.63) is 36.5 Å². The number of anilines is 1. The van der Waals surface area contributed by atoms with Gasteiger partial charge < -0.3 is 19.2 Å². The van der Waals surface area contributed by atoms with Crippen molar-refractivity contribution >= 4 is 5.69 Å². The van der Waals surface area contributed by atoms with E-state index in [0.717, 1.165) is 17.2 Å². The molecule has 0 aliphatic carbocycles. The Morgan fingerprint density at radius 2 is 2.22 bits per heavy atom. The van der Waals surface area contributed by atoms with Gasteiger partial charge in [0, 0.05) is 11.8 Å². The number of nitrogens with one attached hydrogen (secondary N) is 1. The van der Waals surface area contributed by atoms with Crippen LogP contribution < -0.4 is 14.8 Å². The fraction of sp³-hybridized carbons (Fsp3) is 0.308. The molecule has 0 saturated heterocycles. The average molecular weight is 248 g/mol. The zero-order chi connectivity index (χ0) is 12.8. The van der Waals surface area contributed by atoms with Crippen LogP contribution in [0.2, 0.25) is 0 Å². The summed E-state index contributed by atoms with van der Waals surface area (Å²) in [6.45, 7) is 3.13. The lowest BCUT2D eigenvalue weighted by atomic mass is 10.2. The molecular weight excluding hydrogens is 232 g/mol. The van der Waals surface area contributed by atoms with Crippen molar-refractivity contribution in [1.29, 1.82) is 0 Å². The summed E-state index contributed by atoms with van der Waals surface area (Å²) in [7, 11) is 1.62. The third-order valence-electron chi connectivity index (χ3n) is 2.41. The summed E-state index contributed by atoms with van der Waals surface area (Å²) in [6.07, 6.45) is 3.09. The molecule has 0 atom stereocenters. The normalized spacial score (nSPS) is 10.1. The van der Waals surface area contributed by atoms with Crippen molar-refractivity contribution in [3.63, 3.8) is 0 Å². The number of hydrogen-bond acceptors (Lipinski definition) is 5. The fourth-order valence-electron chi connectivity index (χ4n) is 1.57. The second-order valence-corrected chi connectivity index (χ2v) is 3.62. The maximum atomic E-state index is 5.45. The van der Waals surface area contributed by atoms with Gasteiger partial charge in [0.2, 0.25) is 0 Å². The van der Waals surface area contributed by atoms with Gasteiger partial charge in [0.05, 0.1) is 26.5 Å². The van der Waals surface area contributed by atoms with Crippen molar-refractivity contribution in [2.75, 3.05) is 19.0 Å². The lowest BCUT2D eigenvalue weighted by molar-refractivity contribution is 0.311. The van der Waals surface area contributed by atoms with Crippen LogP contribution in [0.5, 0.6) is 11.5 Å². The lowest BCUT2D eigenvalue weighted by Crippen LogP contribution is -2.00. The Kier molecular flexibility index (Phi) is 4.06. The van der Waals surface area contributed by atoms with E-state index in [4.69, 9.17) is 13.9 Å². The van der Waals surface area contributed by atoms with Crippen molar-refractivity contribution in [2.24, 2.45) is 0 Å². The third kappa shape index (κ3) is 2.94. The topological polar surface area (TPSA) is 56.5 Å². The van der Waals surface area contributed by atoms with Crippen LogP contribution in [0.1, 0.15) is 12.7 Å². The summed E-state index contributed by atoms with van der Waals surface area (Å²) >= 11 is 0. The molecule has 18 heavy (non-hydrogen) atoms. The molecule has 96 valence electrons. The minimum absolute atomic E-state index is 0.580. The lowest BCUT2D eigenvalue weighted by Gasteiger charge is -2.11. The van der Waals surface area contributed by atoms with E-state index in [1.807, 2.05) is 25.1 Å². The second-order valence-electron chi connectivity index (χ2n) is 3.62. The van der Waals surface area contributed by atoms with Gasteiger partial charge in [-0.05, 0) is 19.1 Å². The van der Waals surface area contributed by atoms with Gasteiger partial charge in [-0.3, -0.25) is 0 Å². The van der Waals surface area contributed by atoms with Gasteiger partial charge in [-0.15, -0.1) is 0 Å². The van der Waals surface area contributed by atoms with E-state index >= 15 is 0 Å². The van der Waals surface area contributed by atoms with Gasteiger partial charge in [0.1, 0.15) is 5.76 Å². The summed E-state index contributed by atoms with van der Waals surface area (Å²) < 4.78 is 15.9. The predicted octanol–water partition coefficient (Wildman–Crippen LogP) is 2.69. The molecule has 0 fully saturated rings. The number of oxazole rings is 1. The number of rotatable bonds is 6. The van der Waals surface area contributed by atoms with Gasteiger partial charge in [-0.25, -0.2) is 4.98 Å². The first-order chi connectivity index (χ1) is 8.83. The Hall–Kier alpha value is -2.17. The van der Waals surface area contributed by atoms with Crippen molar-refractivity contribution in [2.45, 2.75) is 13.5 Å². The molecule has 0 aliphatic rings. The number of methoxy groups -OCH3 is 1. The standard InChI is InChI=1S/C13H16N2O3/c1-3-17-12-5-4-10(6-13(12)16-2)15-8-11-7-14-9-18-11/h4-7,9,15H,3,8H2,1-2H3. The highest BCUT2D eigenvalue weighted by Gasteiger charge is 2.05. The quantitative estimate of drug-likeness (QED) is 0.851. The number of aromatic nitrogens is 1. The molecule has 0 saturated carbocycles. The van der Waals surface area contributed by atoms with Crippen molar-refractivity contribution < 1.29 is 13.9 Å². The molecule has 0 aliphatic heterocycles. The van der Waals surface area contributed by atoms with E-state index in [1.54, 1.807) is 13.3 Å². The van der Waals surface area contributed by atoms with Crippen LogP contribution in [-0.2, 0) is 6.54 Å². The molecule has 1 aromatic heterocycles. The number of ether oxygens (including phenoxy) is 2. The molecule has 5 heteroatoms. The summed E-state index contributed by atoms with van der Waals surface area (Å²) in [5, 5.41) is 3.22. The smallest absolute Gasteiger partial charge is 0.180 e. The zero-order valence-corrected chi connectivity index (χ0v) is 10.5. The van der Waals surface area contributed by atoms with E-state index in [1.165, 1.54) is 6.39 Å². The molecule has 1 aromatic carbocycles. The molecule has 5 nitrogen and oxygen atoms in total. The summed E-state index contributed by atoms with van der Waals surface area (Å²) in [5.41, 5.74) is 0.937. The molecule has 2 rings (SSSR count). The molecule has 0 amide bonds. The minimum Gasteiger partial charge on any atom is -0.493 e. The zero-order valence-electron chi connectivity index (χ0n) is 10.5. The second kappa shape index (κ2) is 5.95. The summed E-state index contributed by atoms with van der Waals surface area (Å²) in [6, 6.07) is 5.70. The molecule has 1 heterocycles. The van der Waals surface area contributed by atoms with Gasteiger partial charge in [-0.2, -0.15) is 0 Å². The number of benzene rings is 1. The number of hydrogen-bond donors (Lipinski definition) is 1. The van der Waals surface area contributed by atoms with E-state index in [9.17, 15) is 0 Å². The molecular formula is C13H16N2O3. The highest BCUT2D eigenvalue weighted by atomic mass is 16.5. The first-order valence-corrected chi connectivity index (χ1v) is 5.75. The SMILES string of the molecule is CCOc1ccc(NCc2cnco2)cc1OC. The van der Waals surface area contributed by atoms with E-state index < -0.39 is 0 Å². The predicted molar refractivity (Wildman–Crippen MR) is 68.0 cm³/mol. The van der Waals surface area contributed by atoms with Crippen LogP contribution in [0.4, 0.5) is 5.69 Å². The maximum Gasteiger partial charge on any atom is 0.180 e. The van der Waals surface area contributed by atoms with Crippen LogP contribution in [0.3, 0.4) is 0 Å². The molecule has 0 bridgehead atoms. The van der Waals surface area contributed by atoms with E-state index in [2.05, 4.69) is 10.3 Å². The Balaban J connectivity index is 2.05. The highest BCUT2D eigenvalue weighted by Crippen LogP contribution is 2.30. The monoisotopic (exact) mass is 248 g/mol. The van der Waals surface area contributed by atoms with Crippen molar-refractivity contribution in [1.82, 2.24) is 4.98 Å². The van der Waals surface area contributed by atoms with Gasteiger partial charge in [-0.1, -0.05) is 0 Å². The van der Waals surface area contributed by atoms with Crippen LogP contribution in [0, 0.1) is 0 Å². The Morgan fingerprint density at radius 1 is 1.33 bits per heavy atom. The maximum absolute atomic E-state index is 5.45. The Morgan fingerprint density at radius 3 is 2.89 bits per heavy atom. The van der Waals surface area contributed by atoms with Crippen LogP contribution in [0.25, 0.3) is 0 Å². The van der Waals surface area contributed by atoms with E-state index in [0.29, 0.717) is 18.9 Å². The minimum atomic E-state index is 0.580. The molecule has 0 radical (unpaired) electrons. The van der Waals surface area contributed by atoms with Crippen LogP contribution in [0.15, 0.2) is 35.2 Å². The first kappa shape index (κ1) is 12.3. The van der Waals surface area contributed by atoms with Gasteiger partial charge >= 0.3 is 0 Å². The number of nitrogens with zero attached hydrogens (tertiary/aromatic N) is 1. The fourth-order valence-corrected chi connectivity index (χ4v) is 1.57. The highest BCUT2D eigenvalue weighted by molar-refractivity contribution is 5.54. The van der Waals surface area contributed by atoms with Gasteiger partial charge in [0.15, 0.2) is 17.9 Å². The largest absolute Gasteiger partial charge is 0.493 e.